The van der Waals surface area contributed by atoms with Crippen LogP contribution in [0.15, 0.2) is 33.5 Å². The van der Waals surface area contributed by atoms with Gasteiger partial charge in [-0.3, -0.25) is 4.90 Å². The van der Waals surface area contributed by atoms with E-state index in [-0.39, 0.29) is 5.63 Å². The highest BCUT2D eigenvalue weighted by Gasteiger charge is 2.27. The highest BCUT2D eigenvalue weighted by Crippen LogP contribution is 2.26. The van der Waals surface area contributed by atoms with Gasteiger partial charge in [0.05, 0.1) is 0 Å². The summed E-state index contributed by atoms with van der Waals surface area (Å²) in [6.45, 7) is 6.74. The molecule has 0 bridgehead atoms. The fraction of sp³-hybridized carbons (Fsp3) is 0.500. The molecular formula is C18H24N2O2. The molecule has 22 heavy (non-hydrogen) atoms. The van der Waals surface area contributed by atoms with E-state index in [1.807, 2.05) is 19.1 Å². The molecule has 0 spiro atoms. The minimum absolute atomic E-state index is 0.276. The maximum absolute atomic E-state index is 11.9. The molecule has 4 nitrogen and oxygen atoms in total. The van der Waals surface area contributed by atoms with Gasteiger partial charge >= 0.3 is 5.63 Å². The molecule has 0 radical (unpaired) electrons. The molecule has 2 heterocycles. The Kier molecular flexibility index (Phi) is 4.32. The van der Waals surface area contributed by atoms with Gasteiger partial charge < -0.3 is 10.2 Å². The Hall–Kier alpha value is -1.65. The number of nitrogens with zero attached hydrogens (tertiary/aromatic N) is 1. The molecule has 1 saturated heterocycles. The number of fused-ring (bicyclic) bond motifs is 1. The van der Waals surface area contributed by atoms with E-state index in [1.54, 1.807) is 6.07 Å². The lowest BCUT2D eigenvalue weighted by molar-refractivity contribution is 0.0994. The molecule has 1 fully saturated rings. The number of aryl methyl sites for hydroxylation is 1. The number of piperidine rings is 1. The van der Waals surface area contributed by atoms with E-state index in [2.05, 4.69) is 17.9 Å². The van der Waals surface area contributed by atoms with E-state index in [9.17, 15) is 4.79 Å². The summed E-state index contributed by atoms with van der Waals surface area (Å²) in [6.07, 6.45) is 2.42. The van der Waals surface area contributed by atoms with E-state index in [0.29, 0.717) is 24.1 Å². The molecular weight excluding hydrogens is 276 g/mol. The van der Waals surface area contributed by atoms with Crippen LogP contribution in [0.4, 0.5) is 0 Å². The second-order valence-electron chi connectivity index (χ2n) is 6.48. The Morgan fingerprint density at radius 2 is 2.18 bits per heavy atom. The van der Waals surface area contributed by atoms with Gasteiger partial charge in [-0.05, 0) is 49.4 Å². The van der Waals surface area contributed by atoms with Crippen molar-refractivity contribution < 1.29 is 4.42 Å². The van der Waals surface area contributed by atoms with Crippen LogP contribution in [-0.2, 0) is 6.54 Å². The third-order valence-corrected chi connectivity index (χ3v) is 4.83. The number of hydrogen-bond acceptors (Lipinski definition) is 4. The third kappa shape index (κ3) is 2.94. The van der Waals surface area contributed by atoms with Crippen molar-refractivity contribution in [1.82, 2.24) is 4.90 Å². The molecule has 2 atom stereocenters. The average Bonchev–Trinajstić information content (AvgIpc) is 2.46. The second-order valence-corrected chi connectivity index (χ2v) is 6.48. The first-order chi connectivity index (χ1) is 10.6. The average molecular weight is 300 g/mol. The topological polar surface area (TPSA) is 59.5 Å². The van der Waals surface area contributed by atoms with Crippen molar-refractivity contribution in [1.29, 1.82) is 0 Å². The highest BCUT2D eigenvalue weighted by atomic mass is 16.4. The Bertz CT molecular complexity index is 723. The van der Waals surface area contributed by atoms with Gasteiger partial charge in [0.15, 0.2) is 0 Å². The number of rotatable bonds is 3. The van der Waals surface area contributed by atoms with Crippen LogP contribution in [0, 0.1) is 12.8 Å². The lowest BCUT2D eigenvalue weighted by atomic mass is 9.90. The molecule has 2 unspecified atom stereocenters. The number of likely N-dealkylation sites (tertiary alicyclic amines) is 1. The molecule has 0 amide bonds. The van der Waals surface area contributed by atoms with E-state index < -0.39 is 0 Å². The summed E-state index contributed by atoms with van der Waals surface area (Å²) in [4.78, 5) is 14.3. The van der Waals surface area contributed by atoms with Gasteiger partial charge in [-0.2, -0.15) is 0 Å². The fourth-order valence-corrected chi connectivity index (χ4v) is 3.60. The fourth-order valence-electron chi connectivity index (χ4n) is 3.60. The maximum atomic E-state index is 11.9. The molecule has 2 aromatic rings. The van der Waals surface area contributed by atoms with Gasteiger partial charge in [-0.1, -0.05) is 19.1 Å². The zero-order valence-electron chi connectivity index (χ0n) is 13.3. The zero-order chi connectivity index (χ0) is 15.7. The van der Waals surface area contributed by atoms with Gasteiger partial charge in [-0.15, -0.1) is 0 Å². The molecule has 1 aliphatic rings. The molecule has 0 aliphatic carbocycles. The lowest BCUT2D eigenvalue weighted by Gasteiger charge is -2.39. The predicted octanol–water partition coefficient (Wildman–Crippen LogP) is 2.66. The molecule has 2 N–H and O–H groups in total. The van der Waals surface area contributed by atoms with Crippen LogP contribution in [-0.4, -0.2) is 24.0 Å². The van der Waals surface area contributed by atoms with Crippen LogP contribution in [0.1, 0.15) is 30.9 Å². The van der Waals surface area contributed by atoms with Gasteiger partial charge in [-0.25, -0.2) is 4.79 Å². The van der Waals surface area contributed by atoms with Crippen molar-refractivity contribution in [2.45, 2.75) is 39.3 Å². The Morgan fingerprint density at radius 3 is 2.95 bits per heavy atom. The van der Waals surface area contributed by atoms with Gasteiger partial charge in [0.25, 0.3) is 0 Å². The van der Waals surface area contributed by atoms with Crippen LogP contribution in [0.5, 0.6) is 0 Å². The van der Waals surface area contributed by atoms with Crippen LogP contribution >= 0.6 is 0 Å². The number of nitrogens with two attached hydrogens (primary N) is 1. The lowest BCUT2D eigenvalue weighted by Crippen LogP contribution is -2.48. The summed E-state index contributed by atoms with van der Waals surface area (Å²) in [6, 6.07) is 8.06. The Balaban J connectivity index is 1.97. The van der Waals surface area contributed by atoms with Crippen molar-refractivity contribution >= 4 is 11.0 Å². The minimum Gasteiger partial charge on any atom is -0.423 e. The van der Waals surface area contributed by atoms with Crippen molar-refractivity contribution in [3.8, 4) is 0 Å². The van der Waals surface area contributed by atoms with Crippen LogP contribution in [0.25, 0.3) is 11.0 Å². The standard InChI is InChI=1S/C18H24N2O2/c1-12-5-6-15-14(9-18(21)22-17(15)8-12)11-20-7-3-4-13(2)16(20)10-19/h5-6,8-9,13,16H,3-4,7,10-11,19H2,1-2H3. The van der Waals surface area contributed by atoms with E-state index in [1.165, 1.54) is 12.8 Å². The molecule has 118 valence electrons. The molecule has 1 aromatic carbocycles. The molecule has 4 heteroatoms. The summed E-state index contributed by atoms with van der Waals surface area (Å²) in [7, 11) is 0. The smallest absolute Gasteiger partial charge is 0.336 e. The Labute approximate surface area is 130 Å². The molecule has 1 aliphatic heterocycles. The van der Waals surface area contributed by atoms with Gasteiger partial charge in [0.2, 0.25) is 0 Å². The van der Waals surface area contributed by atoms with Crippen LogP contribution in [0.2, 0.25) is 0 Å². The SMILES string of the molecule is Cc1ccc2c(CN3CCCC(C)C3CN)cc(=O)oc2c1. The van der Waals surface area contributed by atoms with Gasteiger partial charge in [0, 0.05) is 30.6 Å². The second kappa shape index (κ2) is 6.23. The van der Waals surface area contributed by atoms with E-state index >= 15 is 0 Å². The predicted molar refractivity (Wildman–Crippen MR) is 88.9 cm³/mol. The molecule has 1 aromatic heterocycles. The summed E-state index contributed by atoms with van der Waals surface area (Å²) < 4.78 is 5.35. The summed E-state index contributed by atoms with van der Waals surface area (Å²) in [5.41, 5.74) is 8.52. The van der Waals surface area contributed by atoms with Crippen molar-refractivity contribution in [3.63, 3.8) is 0 Å². The first kappa shape index (κ1) is 15.3. The summed E-state index contributed by atoms with van der Waals surface area (Å²) in [5.74, 6) is 0.604. The summed E-state index contributed by atoms with van der Waals surface area (Å²) in [5, 5.41) is 1.03. The third-order valence-electron chi connectivity index (χ3n) is 4.83. The molecule has 3 rings (SSSR count). The first-order valence-electron chi connectivity index (χ1n) is 8.06. The van der Waals surface area contributed by atoms with Crippen LogP contribution < -0.4 is 11.4 Å². The zero-order valence-corrected chi connectivity index (χ0v) is 13.3. The Morgan fingerprint density at radius 1 is 1.36 bits per heavy atom. The normalized spacial score (nSPS) is 23.0. The van der Waals surface area contributed by atoms with Gasteiger partial charge in [0.1, 0.15) is 5.58 Å². The molecule has 0 saturated carbocycles. The number of hydrogen-bond donors (Lipinski definition) is 1. The van der Waals surface area contributed by atoms with Crippen molar-refractivity contribution in [2.75, 3.05) is 13.1 Å². The highest BCUT2D eigenvalue weighted by molar-refractivity contribution is 5.80. The quantitative estimate of drug-likeness (QED) is 0.885. The number of benzene rings is 1. The maximum Gasteiger partial charge on any atom is 0.336 e. The minimum atomic E-state index is -0.276. The largest absolute Gasteiger partial charge is 0.423 e. The monoisotopic (exact) mass is 300 g/mol. The van der Waals surface area contributed by atoms with E-state index in [4.69, 9.17) is 10.2 Å². The van der Waals surface area contributed by atoms with Crippen molar-refractivity contribution in [3.05, 3.63) is 45.8 Å². The van der Waals surface area contributed by atoms with Crippen molar-refractivity contribution in [2.24, 2.45) is 11.7 Å². The summed E-state index contributed by atoms with van der Waals surface area (Å²) >= 11 is 0. The van der Waals surface area contributed by atoms with Crippen LogP contribution in [0.3, 0.4) is 0 Å². The first-order valence-corrected chi connectivity index (χ1v) is 8.06. The van der Waals surface area contributed by atoms with E-state index in [0.717, 1.165) is 29.6 Å².